The molecule has 0 aliphatic rings. The molecule has 144 valence electrons. The minimum absolute atomic E-state index is 0.242. The van der Waals surface area contributed by atoms with Crippen LogP contribution in [-0.2, 0) is 12.8 Å². The van der Waals surface area contributed by atoms with Gasteiger partial charge in [-0.1, -0.05) is 36.0 Å². The van der Waals surface area contributed by atoms with Gasteiger partial charge >= 0.3 is 0 Å². The molecule has 3 rings (SSSR count). The lowest BCUT2D eigenvalue weighted by atomic mass is 10.1. The molecule has 0 aliphatic heterocycles. The van der Waals surface area contributed by atoms with E-state index in [-0.39, 0.29) is 5.91 Å². The highest BCUT2D eigenvalue weighted by Crippen LogP contribution is 2.20. The third kappa shape index (κ3) is 5.20. The van der Waals surface area contributed by atoms with E-state index in [0.717, 1.165) is 27.7 Å². The average molecular weight is 395 g/mol. The molecule has 0 spiro atoms. The number of thioether (sulfide) groups is 1. The highest BCUT2D eigenvalue weighted by atomic mass is 32.2. The van der Waals surface area contributed by atoms with Crippen LogP contribution in [0.2, 0.25) is 0 Å². The fraction of sp³-hybridized carbons (Fsp3) is 0.200. The third-order valence-electron chi connectivity index (χ3n) is 4.04. The van der Waals surface area contributed by atoms with Crippen molar-refractivity contribution in [1.29, 1.82) is 0 Å². The summed E-state index contributed by atoms with van der Waals surface area (Å²) in [5.74, 6) is 0.517. The number of benzene rings is 2. The second-order valence-electron chi connectivity index (χ2n) is 6.40. The number of carbonyl (C=O) groups excluding carboxylic acids is 1. The van der Waals surface area contributed by atoms with Gasteiger partial charge in [-0.25, -0.2) is 5.43 Å². The zero-order valence-corrected chi connectivity index (χ0v) is 16.8. The Morgan fingerprint density at radius 2 is 1.89 bits per heavy atom. The van der Waals surface area contributed by atoms with Crippen molar-refractivity contribution in [3.05, 3.63) is 71.5 Å². The molecule has 8 heteroatoms. The van der Waals surface area contributed by atoms with Crippen molar-refractivity contribution >= 4 is 29.6 Å². The summed E-state index contributed by atoms with van der Waals surface area (Å²) in [6.45, 7) is 0. The Balaban J connectivity index is 1.52. The molecule has 1 amide bonds. The molecule has 7 nitrogen and oxygen atoms in total. The third-order valence-corrected chi connectivity index (χ3v) is 5.15. The summed E-state index contributed by atoms with van der Waals surface area (Å²) in [6.07, 6.45) is 3.30. The molecular formula is C20H22N6OS. The van der Waals surface area contributed by atoms with Gasteiger partial charge in [0.1, 0.15) is 6.33 Å². The van der Waals surface area contributed by atoms with Crippen LogP contribution >= 0.6 is 11.8 Å². The number of nitrogens with zero attached hydrogens (tertiary/aromatic N) is 5. The molecular weight excluding hydrogens is 372 g/mol. The van der Waals surface area contributed by atoms with Gasteiger partial charge in [-0.3, -0.25) is 4.79 Å². The summed E-state index contributed by atoms with van der Waals surface area (Å²) < 4.78 is 1.87. The van der Waals surface area contributed by atoms with Gasteiger partial charge in [-0.15, -0.1) is 10.2 Å². The van der Waals surface area contributed by atoms with E-state index in [1.54, 1.807) is 36.4 Å². The summed E-state index contributed by atoms with van der Waals surface area (Å²) >= 11 is 1.60. The fourth-order valence-electron chi connectivity index (χ4n) is 2.39. The molecule has 3 aromatic rings. The van der Waals surface area contributed by atoms with Crippen LogP contribution in [0.3, 0.4) is 0 Å². The van der Waals surface area contributed by atoms with Gasteiger partial charge in [0.25, 0.3) is 5.91 Å². The molecule has 0 radical (unpaired) electrons. The molecule has 0 saturated carbocycles. The predicted octanol–water partition coefficient (Wildman–Crippen LogP) is 2.94. The Morgan fingerprint density at radius 1 is 1.18 bits per heavy atom. The number of hydrogen-bond donors (Lipinski definition) is 1. The van der Waals surface area contributed by atoms with Crippen LogP contribution in [0.4, 0.5) is 5.69 Å². The number of anilines is 1. The fourth-order valence-corrected chi connectivity index (χ4v) is 3.24. The van der Waals surface area contributed by atoms with Gasteiger partial charge in [0.15, 0.2) is 5.16 Å². The number of rotatable bonds is 7. The van der Waals surface area contributed by atoms with E-state index in [4.69, 9.17) is 0 Å². The Bertz CT molecular complexity index is 948. The van der Waals surface area contributed by atoms with Crippen LogP contribution in [0, 0.1) is 0 Å². The number of carbonyl (C=O) groups is 1. The Labute approximate surface area is 168 Å². The summed E-state index contributed by atoms with van der Waals surface area (Å²) in [4.78, 5) is 14.2. The van der Waals surface area contributed by atoms with E-state index in [0.29, 0.717) is 5.56 Å². The maximum absolute atomic E-state index is 12.2. The highest BCUT2D eigenvalue weighted by molar-refractivity contribution is 7.98. The Hall–Kier alpha value is -3.13. The zero-order chi connectivity index (χ0) is 19.9. The first-order chi connectivity index (χ1) is 13.5. The molecule has 0 fully saturated rings. The monoisotopic (exact) mass is 394 g/mol. The molecule has 0 aliphatic carbocycles. The van der Waals surface area contributed by atoms with Crippen molar-refractivity contribution in [1.82, 2.24) is 20.2 Å². The van der Waals surface area contributed by atoms with Crippen molar-refractivity contribution in [2.45, 2.75) is 10.9 Å². The van der Waals surface area contributed by atoms with E-state index in [2.05, 4.69) is 20.7 Å². The molecule has 0 atom stereocenters. The molecule has 0 saturated heterocycles. The molecule has 2 aromatic carbocycles. The minimum atomic E-state index is -0.242. The van der Waals surface area contributed by atoms with Gasteiger partial charge in [0.2, 0.25) is 0 Å². The number of nitrogens with one attached hydrogen (secondary N) is 1. The first-order valence-corrected chi connectivity index (χ1v) is 9.68. The summed E-state index contributed by atoms with van der Waals surface area (Å²) in [5, 5.41) is 12.8. The van der Waals surface area contributed by atoms with Crippen LogP contribution in [0.5, 0.6) is 0 Å². The second-order valence-corrected chi connectivity index (χ2v) is 7.34. The number of aryl methyl sites for hydroxylation is 1. The first-order valence-electron chi connectivity index (χ1n) is 8.69. The molecule has 1 aromatic heterocycles. The van der Waals surface area contributed by atoms with Crippen molar-refractivity contribution in [2.75, 3.05) is 19.0 Å². The van der Waals surface area contributed by atoms with Gasteiger partial charge in [-0.05, 0) is 35.4 Å². The van der Waals surface area contributed by atoms with Gasteiger partial charge < -0.3 is 9.47 Å². The predicted molar refractivity (Wildman–Crippen MR) is 113 cm³/mol. The van der Waals surface area contributed by atoms with Crippen LogP contribution in [-0.4, -0.2) is 41.0 Å². The van der Waals surface area contributed by atoms with Crippen LogP contribution in [0.25, 0.3) is 0 Å². The van der Waals surface area contributed by atoms with Crippen molar-refractivity contribution in [2.24, 2.45) is 12.1 Å². The molecule has 1 heterocycles. The molecule has 0 bridgehead atoms. The first kappa shape index (κ1) is 19.6. The summed E-state index contributed by atoms with van der Waals surface area (Å²) in [6, 6.07) is 15.4. The molecule has 0 unspecified atom stereocenters. The van der Waals surface area contributed by atoms with E-state index in [9.17, 15) is 4.79 Å². The number of amides is 1. The average Bonchev–Trinajstić information content (AvgIpc) is 3.12. The summed E-state index contributed by atoms with van der Waals surface area (Å²) in [5.41, 5.74) is 6.26. The lowest BCUT2D eigenvalue weighted by Gasteiger charge is -2.11. The van der Waals surface area contributed by atoms with Gasteiger partial charge in [0, 0.05) is 38.1 Å². The van der Waals surface area contributed by atoms with Crippen LogP contribution < -0.4 is 10.3 Å². The van der Waals surface area contributed by atoms with Gasteiger partial charge in [-0.2, -0.15) is 5.10 Å². The number of hydrazone groups is 1. The zero-order valence-electron chi connectivity index (χ0n) is 16.0. The Morgan fingerprint density at radius 3 is 2.50 bits per heavy atom. The quantitative estimate of drug-likeness (QED) is 0.379. The molecule has 28 heavy (non-hydrogen) atoms. The van der Waals surface area contributed by atoms with Crippen LogP contribution in [0.15, 0.2) is 65.1 Å². The van der Waals surface area contributed by atoms with Crippen molar-refractivity contribution in [3.8, 4) is 0 Å². The lowest BCUT2D eigenvalue weighted by molar-refractivity contribution is 0.0955. The standard InChI is InChI=1S/C20H22N6OS/c1-25(2)18-10-6-15(7-11-18)12-21-23-19(27)17-8-4-16(5-9-17)13-28-20-24-22-14-26(20)3/h4-12,14H,13H2,1-3H3,(H,23,27)/b21-12-. The van der Waals surface area contributed by atoms with Crippen molar-refractivity contribution < 1.29 is 4.79 Å². The highest BCUT2D eigenvalue weighted by Gasteiger charge is 2.06. The number of hydrogen-bond acceptors (Lipinski definition) is 6. The topological polar surface area (TPSA) is 75.4 Å². The van der Waals surface area contributed by atoms with E-state index in [1.165, 1.54) is 0 Å². The minimum Gasteiger partial charge on any atom is -0.378 e. The second kappa shape index (κ2) is 9.18. The van der Waals surface area contributed by atoms with E-state index < -0.39 is 0 Å². The van der Waals surface area contributed by atoms with Gasteiger partial charge in [0.05, 0.1) is 6.21 Å². The smallest absolute Gasteiger partial charge is 0.271 e. The lowest BCUT2D eigenvalue weighted by Crippen LogP contribution is -2.17. The van der Waals surface area contributed by atoms with E-state index in [1.807, 2.05) is 67.0 Å². The van der Waals surface area contributed by atoms with Crippen LogP contribution in [0.1, 0.15) is 21.5 Å². The van der Waals surface area contributed by atoms with Crippen molar-refractivity contribution in [3.63, 3.8) is 0 Å². The maximum Gasteiger partial charge on any atom is 0.271 e. The maximum atomic E-state index is 12.2. The normalized spacial score (nSPS) is 11.0. The Kier molecular flexibility index (Phi) is 6.44. The SMILES string of the molecule is CN(C)c1ccc(/C=N\NC(=O)c2ccc(CSc3nncn3C)cc2)cc1. The largest absolute Gasteiger partial charge is 0.378 e. The number of aromatic nitrogens is 3. The summed E-state index contributed by atoms with van der Waals surface area (Å²) in [7, 11) is 5.89. The molecule has 1 N–H and O–H groups in total. The van der Waals surface area contributed by atoms with E-state index >= 15 is 0 Å².